The summed E-state index contributed by atoms with van der Waals surface area (Å²) in [5, 5.41) is 3.03. The van der Waals surface area contributed by atoms with Gasteiger partial charge in [0, 0.05) is 32.8 Å². The average molecular weight is 228 g/mol. The lowest BCUT2D eigenvalue weighted by molar-refractivity contribution is 0.0247. The van der Waals surface area contributed by atoms with Gasteiger partial charge in [-0.3, -0.25) is 0 Å². The summed E-state index contributed by atoms with van der Waals surface area (Å²) in [7, 11) is 0. The van der Waals surface area contributed by atoms with Gasteiger partial charge >= 0.3 is 6.03 Å². The van der Waals surface area contributed by atoms with Crippen LogP contribution in [0, 0.1) is 5.41 Å². The van der Waals surface area contributed by atoms with Crippen molar-refractivity contribution in [3.8, 4) is 0 Å². The van der Waals surface area contributed by atoms with Crippen molar-refractivity contribution in [2.45, 2.75) is 33.6 Å². The fourth-order valence-corrected chi connectivity index (χ4v) is 1.95. The van der Waals surface area contributed by atoms with Crippen LogP contribution in [0.3, 0.4) is 0 Å². The minimum absolute atomic E-state index is 0.0534. The minimum atomic E-state index is 0.0534. The van der Waals surface area contributed by atoms with E-state index in [-0.39, 0.29) is 11.4 Å². The van der Waals surface area contributed by atoms with Crippen LogP contribution in [0.25, 0.3) is 0 Å². The predicted octanol–water partition coefficient (Wildman–Crippen LogP) is 1.85. The Morgan fingerprint density at radius 2 is 1.88 bits per heavy atom. The van der Waals surface area contributed by atoms with Crippen LogP contribution in [-0.2, 0) is 4.74 Å². The van der Waals surface area contributed by atoms with E-state index in [1.165, 1.54) is 0 Å². The lowest BCUT2D eigenvalue weighted by Crippen LogP contribution is -2.45. The molecule has 94 valence electrons. The normalized spacial score (nSPS) is 19.2. The van der Waals surface area contributed by atoms with Gasteiger partial charge in [-0.2, -0.15) is 0 Å². The maximum absolute atomic E-state index is 11.8. The molecule has 0 aromatic heterocycles. The standard InChI is InChI=1S/C12H24N2O2/c1-4-14(5-2)11(15)13-10-12(3)6-8-16-9-7-12/h4-10H2,1-3H3,(H,13,15). The first-order chi connectivity index (χ1) is 7.61. The SMILES string of the molecule is CCN(CC)C(=O)NCC1(C)CCOCC1. The maximum atomic E-state index is 11.8. The fourth-order valence-electron chi connectivity index (χ4n) is 1.95. The molecule has 0 unspecified atom stereocenters. The number of ether oxygens (including phenoxy) is 1. The van der Waals surface area contributed by atoms with Gasteiger partial charge in [-0.25, -0.2) is 4.79 Å². The van der Waals surface area contributed by atoms with Crippen LogP contribution in [0.1, 0.15) is 33.6 Å². The van der Waals surface area contributed by atoms with E-state index in [0.29, 0.717) is 0 Å². The third kappa shape index (κ3) is 3.67. The number of amides is 2. The van der Waals surface area contributed by atoms with Gasteiger partial charge < -0.3 is 15.0 Å². The molecular weight excluding hydrogens is 204 g/mol. The summed E-state index contributed by atoms with van der Waals surface area (Å²) in [4.78, 5) is 13.6. The summed E-state index contributed by atoms with van der Waals surface area (Å²) in [6.45, 7) is 10.1. The fraction of sp³-hybridized carbons (Fsp3) is 0.917. The van der Waals surface area contributed by atoms with Crippen LogP contribution in [0.2, 0.25) is 0 Å². The Morgan fingerprint density at radius 1 is 1.31 bits per heavy atom. The van der Waals surface area contributed by atoms with Gasteiger partial charge in [0.05, 0.1) is 0 Å². The summed E-state index contributed by atoms with van der Waals surface area (Å²) in [6.07, 6.45) is 2.07. The van der Waals surface area contributed by atoms with Crippen molar-refractivity contribution in [3.63, 3.8) is 0 Å². The van der Waals surface area contributed by atoms with E-state index in [4.69, 9.17) is 4.74 Å². The second-order valence-electron chi connectivity index (χ2n) is 4.75. The van der Waals surface area contributed by atoms with E-state index in [9.17, 15) is 4.79 Å². The number of nitrogens with zero attached hydrogens (tertiary/aromatic N) is 1. The van der Waals surface area contributed by atoms with Gasteiger partial charge in [0.15, 0.2) is 0 Å². The molecule has 0 aromatic rings. The number of hydrogen-bond acceptors (Lipinski definition) is 2. The molecule has 0 radical (unpaired) electrons. The third-order valence-corrected chi connectivity index (χ3v) is 3.42. The number of carbonyl (C=O) groups excluding carboxylic acids is 1. The number of hydrogen-bond donors (Lipinski definition) is 1. The molecule has 0 bridgehead atoms. The Hall–Kier alpha value is -0.770. The minimum Gasteiger partial charge on any atom is -0.381 e. The first kappa shape index (κ1) is 13.3. The van der Waals surface area contributed by atoms with E-state index >= 15 is 0 Å². The van der Waals surface area contributed by atoms with E-state index in [1.54, 1.807) is 0 Å². The molecular formula is C12H24N2O2. The number of rotatable bonds is 4. The lowest BCUT2D eigenvalue weighted by Gasteiger charge is -2.34. The van der Waals surface area contributed by atoms with Gasteiger partial charge in [0.25, 0.3) is 0 Å². The largest absolute Gasteiger partial charge is 0.381 e. The molecule has 1 fully saturated rings. The monoisotopic (exact) mass is 228 g/mol. The van der Waals surface area contributed by atoms with Crippen molar-refractivity contribution in [2.24, 2.45) is 5.41 Å². The molecule has 1 heterocycles. The summed E-state index contributed by atoms with van der Waals surface area (Å²) in [5.74, 6) is 0. The highest BCUT2D eigenvalue weighted by Crippen LogP contribution is 2.28. The Balaban J connectivity index is 2.35. The van der Waals surface area contributed by atoms with Crippen LogP contribution in [0.5, 0.6) is 0 Å². The van der Waals surface area contributed by atoms with Crippen molar-refractivity contribution >= 4 is 6.03 Å². The van der Waals surface area contributed by atoms with Gasteiger partial charge in [-0.15, -0.1) is 0 Å². The number of carbonyl (C=O) groups is 1. The lowest BCUT2D eigenvalue weighted by atomic mass is 9.82. The molecule has 1 rings (SSSR count). The van der Waals surface area contributed by atoms with Crippen molar-refractivity contribution in [1.82, 2.24) is 10.2 Å². The second-order valence-corrected chi connectivity index (χ2v) is 4.75. The van der Waals surface area contributed by atoms with Crippen LogP contribution in [0.4, 0.5) is 4.79 Å². The van der Waals surface area contributed by atoms with Crippen molar-refractivity contribution in [2.75, 3.05) is 32.8 Å². The molecule has 16 heavy (non-hydrogen) atoms. The molecule has 0 aromatic carbocycles. The van der Waals surface area contributed by atoms with Crippen LogP contribution < -0.4 is 5.32 Å². The van der Waals surface area contributed by atoms with Gasteiger partial charge in [0.2, 0.25) is 0 Å². The molecule has 0 saturated carbocycles. The topological polar surface area (TPSA) is 41.6 Å². The quantitative estimate of drug-likeness (QED) is 0.798. The Morgan fingerprint density at radius 3 is 2.38 bits per heavy atom. The molecule has 4 heteroatoms. The predicted molar refractivity (Wildman–Crippen MR) is 64.5 cm³/mol. The molecule has 1 aliphatic rings. The first-order valence-corrected chi connectivity index (χ1v) is 6.22. The maximum Gasteiger partial charge on any atom is 0.317 e. The highest BCUT2D eigenvalue weighted by molar-refractivity contribution is 5.74. The van der Waals surface area contributed by atoms with Crippen molar-refractivity contribution < 1.29 is 9.53 Å². The van der Waals surface area contributed by atoms with Gasteiger partial charge in [-0.05, 0) is 32.1 Å². The smallest absolute Gasteiger partial charge is 0.317 e. The zero-order valence-corrected chi connectivity index (χ0v) is 10.7. The zero-order valence-electron chi connectivity index (χ0n) is 10.7. The summed E-state index contributed by atoms with van der Waals surface area (Å²) in [5.41, 5.74) is 0.209. The van der Waals surface area contributed by atoms with Crippen LogP contribution in [-0.4, -0.2) is 43.8 Å². The van der Waals surface area contributed by atoms with E-state index in [1.807, 2.05) is 18.7 Å². The Labute approximate surface area is 98.3 Å². The average Bonchev–Trinajstić information content (AvgIpc) is 2.29. The summed E-state index contributed by atoms with van der Waals surface area (Å²) < 4.78 is 5.34. The second kappa shape index (κ2) is 6.09. The van der Waals surface area contributed by atoms with Crippen molar-refractivity contribution in [3.05, 3.63) is 0 Å². The summed E-state index contributed by atoms with van der Waals surface area (Å²) in [6, 6.07) is 0.0534. The Kier molecular flexibility index (Phi) is 5.06. The molecule has 0 atom stereocenters. The molecule has 1 saturated heterocycles. The Bertz CT molecular complexity index is 221. The number of urea groups is 1. The molecule has 2 amide bonds. The third-order valence-electron chi connectivity index (χ3n) is 3.42. The zero-order chi connectivity index (χ0) is 12.0. The highest BCUT2D eigenvalue weighted by atomic mass is 16.5. The van der Waals surface area contributed by atoms with E-state index in [0.717, 1.165) is 45.7 Å². The van der Waals surface area contributed by atoms with Gasteiger partial charge in [-0.1, -0.05) is 6.92 Å². The van der Waals surface area contributed by atoms with Crippen LogP contribution in [0.15, 0.2) is 0 Å². The van der Waals surface area contributed by atoms with Crippen LogP contribution >= 0.6 is 0 Å². The molecule has 4 nitrogen and oxygen atoms in total. The molecule has 0 aliphatic carbocycles. The number of nitrogens with one attached hydrogen (secondary N) is 1. The van der Waals surface area contributed by atoms with E-state index < -0.39 is 0 Å². The van der Waals surface area contributed by atoms with Crippen molar-refractivity contribution in [1.29, 1.82) is 0 Å². The van der Waals surface area contributed by atoms with E-state index in [2.05, 4.69) is 12.2 Å². The van der Waals surface area contributed by atoms with Gasteiger partial charge in [0.1, 0.15) is 0 Å². The molecule has 1 aliphatic heterocycles. The molecule has 1 N–H and O–H groups in total. The molecule has 0 spiro atoms. The first-order valence-electron chi connectivity index (χ1n) is 6.22. The highest BCUT2D eigenvalue weighted by Gasteiger charge is 2.28. The summed E-state index contributed by atoms with van der Waals surface area (Å²) >= 11 is 0.